The molecule has 0 fully saturated rings. The third-order valence-corrected chi connectivity index (χ3v) is 3.56. The molecule has 1 N–H and O–H groups in total. The SMILES string of the molecule is Cc1cccc(C(C)Nc2ccc(-n3cccn3)cc2)c1. The Balaban J connectivity index is 1.73. The van der Waals surface area contributed by atoms with Crippen molar-refractivity contribution in [3.8, 4) is 5.69 Å². The lowest BCUT2D eigenvalue weighted by Gasteiger charge is -2.16. The standard InChI is InChI=1S/C18H19N3/c1-14-5-3-6-16(13-14)15(2)20-17-7-9-18(10-8-17)21-12-4-11-19-21/h3-13,15,20H,1-2H3. The molecule has 3 nitrogen and oxygen atoms in total. The van der Waals surface area contributed by atoms with Gasteiger partial charge in [-0.05, 0) is 49.7 Å². The lowest BCUT2D eigenvalue weighted by atomic mass is 10.1. The molecule has 1 heterocycles. The first-order chi connectivity index (χ1) is 10.2. The number of aromatic nitrogens is 2. The molecule has 0 spiro atoms. The number of aryl methyl sites for hydroxylation is 1. The second-order valence-corrected chi connectivity index (χ2v) is 5.28. The van der Waals surface area contributed by atoms with Crippen molar-refractivity contribution in [1.29, 1.82) is 0 Å². The van der Waals surface area contributed by atoms with E-state index >= 15 is 0 Å². The fourth-order valence-corrected chi connectivity index (χ4v) is 2.40. The van der Waals surface area contributed by atoms with Crippen LogP contribution in [0.15, 0.2) is 67.0 Å². The second-order valence-electron chi connectivity index (χ2n) is 5.28. The summed E-state index contributed by atoms with van der Waals surface area (Å²) in [5.41, 5.74) is 4.76. The van der Waals surface area contributed by atoms with Gasteiger partial charge >= 0.3 is 0 Å². The van der Waals surface area contributed by atoms with Crippen LogP contribution in [0.1, 0.15) is 24.1 Å². The lowest BCUT2D eigenvalue weighted by Crippen LogP contribution is -2.06. The molecule has 21 heavy (non-hydrogen) atoms. The minimum absolute atomic E-state index is 0.278. The first-order valence-corrected chi connectivity index (χ1v) is 7.15. The van der Waals surface area contributed by atoms with Crippen LogP contribution in [0.5, 0.6) is 0 Å². The van der Waals surface area contributed by atoms with Gasteiger partial charge in [0.1, 0.15) is 0 Å². The van der Waals surface area contributed by atoms with Crippen LogP contribution in [0, 0.1) is 6.92 Å². The van der Waals surface area contributed by atoms with Crippen molar-refractivity contribution in [2.45, 2.75) is 19.9 Å². The zero-order valence-electron chi connectivity index (χ0n) is 12.3. The third-order valence-electron chi connectivity index (χ3n) is 3.56. The molecule has 0 aliphatic carbocycles. The van der Waals surface area contributed by atoms with E-state index in [0.29, 0.717) is 0 Å². The fraction of sp³-hybridized carbons (Fsp3) is 0.167. The minimum Gasteiger partial charge on any atom is -0.379 e. The Bertz CT molecular complexity index is 700. The lowest BCUT2D eigenvalue weighted by molar-refractivity contribution is 0.873. The van der Waals surface area contributed by atoms with Gasteiger partial charge in [0.05, 0.1) is 5.69 Å². The molecule has 0 aliphatic heterocycles. The molecule has 1 aromatic heterocycles. The zero-order valence-corrected chi connectivity index (χ0v) is 12.3. The molecule has 0 aliphatic rings. The predicted molar refractivity (Wildman–Crippen MR) is 86.8 cm³/mol. The van der Waals surface area contributed by atoms with Gasteiger partial charge in [0.25, 0.3) is 0 Å². The van der Waals surface area contributed by atoms with Crippen LogP contribution in [0.3, 0.4) is 0 Å². The highest BCUT2D eigenvalue weighted by molar-refractivity contribution is 5.50. The van der Waals surface area contributed by atoms with E-state index in [-0.39, 0.29) is 6.04 Å². The van der Waals surface area contributed by atoms with Crippen molar-refractivity contribution in [3.63, 3.8) is 0 Å². The van der Waals surface area contributed by atoms with E-state index in [4.69, 9.17) is 0 Å². The maximum absolute atomic E-state index is 4.23. The molecule has 3 heteroatoms. The summed E-state index contributed by atoms with van der Waals surface area (Å²) in [5.74, 6) is 0. The van der Waals surface area contributed by atoms with Crippen molar-refractivity contribution in [2.75, 3.05) is 5.32 Å². The van der Waals surface area contributed by atoms with Gasteiger partial charge in [-0.3, -0.25) is 0 Å². The smallest absolute Gasteiger partial charge is 0.0647 e. The summed E-state index contributed by atoms with van der Waals surface area (Å²) in [6, 6.07) is 19.1. The summed E-state index contributed by atoms with van der Waals surface area (Å²) in [4.78, 5) is 0. The molecule has 0 saturated carbocycles. The van der Waals surface area contributed by atoms with Gasteiger partial charge in [-0.15, -0.1) is 0 Å². The molecule has 1 unspecified atom stereocenters. The van der Waals surface area contributed by atoms with E-state index in [0.717, 1.165) is 11.4 Å². The maximum Gasteiger partial charge on any atom is 0.0647 e. The molecule has 0 amide bonds. The van der Waals surface area contributed by atoms with Crippen molar-refractivity contribution >= 4 is 5.69 Å². The van der Waals surface area contributed by atoms with Gasteiger partial charge < -0.3 is 5.32 Å². The normalized spacial score (nSPS) is 12.1. The summed E-state index contributed by atoms with van der Waals surface area (Å²) in [7, 11) is 0. The summed E-state index contributed by atoms with van der Waals surface area (Å²) >= 11 is 0. The van der Waals surface area contributed by atoms with Crippen LogP contribution >= 0.6 is 0 Å². The number of nitrogens with zero attached hydrogens (tertiary/aromatic N) is 2. The molecule has 3 aromatic rings. The Kier molecular flexibility index (Phi) is 3.73. The summed E-state index contributed by atoms with van der Waals surface area (Å²) in [6.07, 6.45) is 3.73. The Morgan fingerprint density at radius 1 is 1.05 bits per heavy atom. The molecule has 0 radical (unpaired) electrons. The van der Waals surface area contributed by atoms with Crippen LogP contribution in [0.2, 0.25) is 0 Å². The van der Waals surface area contributed by atoms with Gasteiger partial charge in [0.2, 0.25) is 0 Å². The summed E-state index contributed by atoms with van der Waals surface area (Å²) in [5, 5.41) is 7.76. The van der Waals surface area contributed by atoms with E-state index in [1.165, 1.54) is 11.1 Å². The largest absolute Gasteiger partial charge is 0.379 e. The molecule has 3 rings (SSSR count). The van der Waals surface area contributed by atoms with Gasteiger partial charge in [0, 0.05) is 24.1 Å². The predicted octanol–water partition coefficient (Wildman–Crippen LogP) is 4.35. The van der Waals surface area contributed by atoms with Crippen LogP contribution in [-0.2, 0) is 0 Å². The van der Waals surface area contributed by atoms with Crippen molar-refractivity contribution < 1.29 is 0 Å². The highest BCUT2D eigenvalue weighted by atomic mass is 15.3. The monoisotopic (exact) mass is 277 g/mol. The van der Waals surface area contributed by atoms with Crippen LogP contribution in [0.4, 0.5) is 5.69 Å². The van der Waals surface area contributed by atoms with E-state index in [1.54, 1.807) is 6.20 Å². The van der Waals surface area contributed by atoms with E-state index in [1.807, 2.05) is 16.9 Å². The van der Waals surface area contributed by atoms with Crippen molar-refractivity contribution in [2.24, 2.45) is 0 Å². The minimum atomic E-state index is 0.278. The summed E-state index contributed by atoms with van der Waals surface area (Å²) < 4.78 is 1.85. The molecular weight excluding hydrogens is 258 g/mol. The molecule has 0 saturated heterocycles. The highest BCUT2D eigenvalue weighted by Gasteiger charge is 2.05. The Hall–Kier alpha value is -2.55. The number of hydrogen-bond donors (Lipinski definition) is 1. The first-order valence-electron chi connectivity index (χ1n) is 7.15. The molecule has 2 aromatic carbocycles. The molecular formula is C18H19N3. The van der Waals surface area contributed by atoms with E-state index in [9.17, 15) is 0 Å². The van der Waals surface area contributed by atoms with Gasteiger partial charge in [-0.1, -0.05) is 29.8 Å². The van der Waals surface area contributed by atoms with Gasteiger partial charge in [-0.25, -0.2) is 4.68 Å². The number of hydrogen-bond acceptors (Lipinski definition) is 2. The van der Waals surface area contributed by atoms with Crippen LogP contribution < -0.4 is 5.32 Å². The quantitative estimate of drug-likeness (QED) is 0.768. The average Bonchev–Trinajstić information content (AvgIpc) is 3.02. The topological polar surface area (TPSA) is 29.9 Å². The van der Waals surface area contributed by atoms with E-state index < -0.39 is 0 Å². The zero-order chi connectivity index (χ0) is 14.7. The third kappa shape index (κ3) is 3.14. The Morgan fingerprint density at radius 3 is 2.52 bits per heavy atom. The number of benzene rings is 2. The van der Waals surface area contributed by atoms with Crippen LogP contribution in [0.25, 0.3) is 5.69 Å². The molecule has 1 atom stereocenters. The Morgan fingerprint density at radius 2 is 1.86 bits per heavy atom. The summed E-state index contributed by atoms with van der Waals surface area (Å²) in [6.45, 7) is 4.30. The van der Waals surface area contributed by atoms with E-state index in [2.05, 4.69) is 72.8 Å². The Labute approximate surface area is 125 Å². The van der Waals surface area contributed by atoms with Crippen LogP contribution in [-0.4, -0.2) is 9.78 Å². The average molecular weight is 277 g/mol. The first kappa shape index (κ1) is 13.4. The van der Waals surface area contributed by atoms with Crippen molar-refractivity contribution in [1.82, 2.24) is 9.78 Å². The number of rotatable bonds is 4. The highest BCUT2D eigenvalue weighted by Crippen LogP contribution is 2.21. The van der Waals surface area contributed by atoms with Gasteiger partial charge in [0.15, 0.2) is 0 Å². The second kappa shape index (κ2) is 5.83. The van der Waals surface area contributed by atoms with Crippen molar-refractivity contribution in [3.05, 3.63) is 78.1 Å². The molecule has 0 bridgehead atoms. The number of anilines is 1. The van der Waals surface area contributed by atoms with Gasteiger partial charge in [-0.2, -0.15) is 5.10 Å². The number of nitrogens with one attached hydrogen (secondary N) is 1. The molecule has 106 valence electrons. The maximum atomic E-state index is 4.23. The fourth-order valence-electron chi connectivity index (χ4n) is 2.40.